The summed E-state index contributed by atoms with van der Waals surface area (Å²) in [4.78, 5) is 13.4. The molecule has 2 N–H and O–H groups in total. The molecule has 2 aliphatic rings. The first-order valence-corrected chi connectivity index (χ1v) is 13.6. The first kappa shape index (κ1) is 24.5. The molecule has 0 radical (unpaired) electrons. The Morgan fingerprint density at radius 3 is 2.44 bits per heavy atom. The monoisotopic (exact) mass is 512 g/mol. The van der Waals surface area contributed by atoms with Crippen molar-refractivity contribution in [3.8, 4) is 16.9 Å². The third-order valence-electron chi connectivity index (χ3n) is 7.28. The molecule has 1 saturated heterocycles. The molecule has 36 heavy (non-hydrogen) atoms. The number of ether oxygens (including phenoxy) is 1. The number of aliphatic hydroxyl groups is 1. The number of carbonyl (C=O) groups excluding carboxylic acids is 1. The van der Waals surface area contributed by atoms with Crippen LogP contribution in [-0.2, 0) is 20.2 Å². The summed E-state index contributed by atoms with van der Waals surface area (Å²) in [5.41, 5.74) is 2.88. The van der Waals surface area contributed by atoms with Crippen molar-refractivity contribution in [1.82, 2.24) is 4.31 Å². The topological polar surface area (TPSA) is 95.9 Å². The van der Waals surface area contributed by atoms with Gasteiger partial charge in [-0.2, -0.15) is 4.31 Å². The maximum atomic E-state index is 13.2. The normalized spacial score (nSPS) is 19.1. The van der Waals surface area contributed by atoms with Gasteiger partial charge >= 0.3 is 0 Å². The van der Waals surface area contributed by atoms with Crippen LogP contribution in [0, 0.1) is 0 Å². The first-order chi connectivity index (χ1) is 17.4. The molecule has 7 nitrogen and oxygen atoms in total. The third-order valence-corrected chi connectivity index (χ3v) is 9.24. The predicted molar refractivity (Wildman–Crippen MR) is 145 cm³/mol. The number of nitrogens with zero attached hydrogens (tertiary/aromatic N) is 1. The van der Waals surface area contributed by atoms with Crippen LogP contribution in [0.25, 0.3) is 11.1 Å². The van der Waals surface area contributed by atoms with E-state index in [1.54, 1.807) is 31.4 Å². The van der Waals surface area contributed by atoms with Crippen molar-refractivity contribution in [1.29, 1.82) is 0 Å². The van der Waals surface area contributed by atoms with Gasteiger partial charge in [-0.3, -0.25) is 4.79 Å². The van der Waals surface area contributed by atoms with Crippen molar-refractivity contribution < 1.29 is 27.3 Å². The number of sulfonamides is 1. The number of carbonyl (C=O) groups is 1. The predicted octanol–water partition coefficient (Wildman–Crippen LogP) is 4.92. The number of rotatable bonds is 8. The molecular formula is C28H36N2O5S. The lowest BCUT2D eigenvalue weighted by molar-refractivity contribution is -0.118. The van der Waals surface area contributed by atoms with Gasteiger partial charge in [0.1, 0.15) is 5.75 Å². The van der Waals surface area contributed by atoms with Crippen molar-refractivity contribution in [2.45, 2.75) is 42.0 Å². The third kappa shape index (κ3) is 4.52. The molecule has 194 valence electrons. The average molecular weight is 513 g/mol. The van der Waals surface area contributed by atoms with Gasteiger partial charge in [0.05, 0.1) is 24.0 Å². The van der Waals surface area contributed by atoms with Crippen LogP contribution in [0.2, 0.25) is 0 Å². The molecule has 1 aliphatic carbocycles. The van der Waals surface area contributed by atoms with Gasteiger partial charge in [0.25, 0.3) is 0 Å². The second-order valence-corrected chi connectivity index (χ2v) is 11.4. The van der Waals surface area contributed by atoms with E-state index >= 15 is 0 Å². The van der Waals surface area contributed by atoms with Crippen LogP contribution < -0.4 is 10.1 Å². The van der Waals surface area contributed by atoms with E-state index in [1.807, 2.05) is 48.5 Å². The number of hydrogen-bond acceptors (Lipinski definition) is 5. The van der Waals surface area contributed by atoms with Crippen LogP contribution in [0.5, 0.6) is 5.75 Å². The lowest BCUT2D eigenvalue weighted by Gasteiger charge is -2.22. The van der Waals surface area contributed by atoms with Crippen LogP contribution in [0.1, 0.15) is 35.5 Å². The van der Waals surface area contributed by atoms with Crippen LogP contribution in [-0.4, -0.2) is 50.0 Å². The standard InChI is InChI=1S/C28H30N2O5S.3H2/c1-35-25-11-9-22(10-12-25)28(15-16-28)27(32)29-23-5-2-4-21(18-23)20-7-13-26(14-8-20)36(33,34)30-17-3-6-24(30)19-31;;;/h2,4-5,7-14,18,24,31H,3,6,15-17,19H2,1H3,(H,29,32);3*1H/t24-;;;/m1.../s1. The Bertz CT molecular complexity index is 1360. The molecule has 1 saturated carbocycles. The van der Waals surface area contributed by atoms with E-state index in [0.29, 0.717) is 18.7 Å². The Labute approximate surface area is 216 Å². The van der Waals surface area contributed by atoms with Gasteiger partial charge in [-0.1, -0.05) is 36.4 Å². The van der Waals surface area contributed by atoms with E-state index in [9.17, 15) is 18.3 Å². The molecule has 3 aromatic carbocycles. The quantitative estimate of drug-likeness (QED) is 0.447. The van der Waals surface area contributed by atoms with E-state index in [0.717, 1.165) is 41.7 Å². The van der Waals surface area contributed by atoms with E-state index in [2.05, 4.69) is 5.32 Å². The highest BCUT2D eigenvalue weighted by molar-refractivity contribution is 7.89. The van der Waals surface area contributed by atoms with E-state index in [1.165, 1.54) is 4.31 Å². The number of methoxy groups -OCH3 is 1. The van der Waals surface area contributed by atoms with Gasteiger partial charge in [0.2, 0.25) is 15.9 Å². The molecule has 8 heteroatoms. The number of anilines is 1. The molecule has 0 unspecified atom stereocenters. The van der Waals surface area contributed by atoms with E-state index in [-0.39, 0.29) is 27.7 Å². The molecule has 1 aliphatic heterocycles. The summed E-state index contributed by atoms with van der Waals surface area (Å²) < 4.78 is 32.7. The summed E-state index contributed by atoms with van der Waals surface area (Å²) in [6.45, 7) is 0.255. The van der Waals surface area contributed by atoms with Crippen LogP contribution in [0.15, 0.2) is 77.7 Å². The van der Waals surface area contributed by atoms with Crippen molar-refractivity contribution in [2.24, 2.45) is 0 Å². The van der Waals surface area contributed by atoms with Gasteiger partial charge < -0.3 is 15.2 Å². The zero-order valence-corrected chi connectivity index (χ0v) is 21.0. The van der Waals surface area contributed by atoms with Crippen molar-refractivity contribution in [3.05, 3.63) is 78.4 Å². The van der Waals surface area contributed by atoms with E-state index in [4.69, 9.17) is 4.74 Å². The van der Waals surface area contributed by atoms with Crippen molar-refractivity contribution in [3.63, 3.8) is 0 Å². The Balaban J connectivity index is 0.00000178. The van der Waals surface area contributed by atoms with Gasteiger partial charge in [-0.25, -0.2) is 8.42 Å². The highest BCUT2D eigenvalue weighted by Crippen LogP contribution is 2.49. The Morgan fingerprint density at radius 1 is 1.08 bits per heavy atom. The summed E-state index contributed by atoms with van der Waals surface area (Å²) in [5, 5.41) is 12.6. The summed E-state index contributed by atoms with van der Waals surface area (Å²) in [6, 6.07) is 21.6. The molecule has 0 aromatic heterocycles. The van der Waals surface area contributed by atoms with Crippen molar-refractivity contribution in [2.75, 3.05) is 25.6 Å². The number of aliphatic hydroxyl groups excluding tert-OH is 1. The fraction of sp³-hybridized carbons (Fsp3) is 0.321. The van der Waals surface area contributed by atoms with Crippen LogP contribution >= 0.6 is 0 Å². The van der Waals surface area contributed by atoms with Gasteiger partial charge in [0, 0.05) is 22.6 Å². The van der Waals surface area contributed by atoms with Gasteiger partial charge in [-0.15, -0.1) is 0 Å². The largest absolute Gasteiger partial charge is 0.497 e. The summed E-state index contributed by atoms with van der Waals surface area (Å²) in [7, 11) is -2.04. The smallest absolute Gasteiger partial charge is 0.243 e. The fourth-order valence-electron chi connectivity index (χ4n) is 4.97. The van der Waals surface area contributed by atoms with Crippen LogP contribution in [0.3, 0.4) is 0 Å². The molecule has 1 amide bonds. The minimum atomic E-state index is -3.65. The number of nitrogens with one attached hydrogen (secondary N) is 1. The summed E-state index contributed by atoms with van der Waals surface area (Å²) >= 11 is 0. The molecule has 1 heterocycles. The molecular weight excluding hydrogens is 476 g/mol. The average Bonchev–Trinajstić information content (AvgIpc) is 3.58. The minimum Gasteiger partial charge on any atom is -0.497 e. The summed E-state index contributed by atoms with van der Waals surface area (Å²) in [6.07, 6.45) is 3.02. The van der Waals surface area contributed by atoms with Crippen LogP contribution in [0.4, 0.5) is 5.69 Å². The Morgan fingerprint density at radius 2 is 1.81 bits per heavy atom. The Kier molecular flexibility index (Phi) is 6.59. The number of hydrogen-bond donors (Lipinski definition) is 2. The lowest BCUT2D eigenvalue weighted by atomic mass is 9.94. The lowest BCUT2D eigenvalue weighted by Crippen LogP contribution is -2.37. The SMILES string of the molecule is COc1ccc(C2(C(=O)Nc3cccc(-c4ccc(S(=O)(=O)N5CCC[C@@H]5CO)cc4)c3)CC2)cc1.[HH].[HH].[HH]. The highest BCUT2D eigenvalue weighted by Gasteiger charge is 2.51. The Hall–Kier alpha value is -3.20. The minimum absolute atomic E-state index is 0. The molecule has 0 spiro atoms. The second kappa shape index (κ2) is 9.69. The van der Waals surface area contributed by atoms with Crippen molar-refractivity contribution >= 4 is 21.6 Å². The number of benzene rings is 3. The molecule has 3 aromatic rings. The van der Waals surface area contributed by atoms with Gasteiger partial charge in [-0.05, 0) is 78.8 Å². The molecule has 0 bridgehead atoms. The van der Waals surface area contributed by atoms with Gasteiger partial charge in [0.15, 0.2) is 0 Å². The first-order valence-electron chi connectivity index (χ1n) is 12.2. The maximum absolute atomic E-state index is 13.2. The summed E-state index contributed by atoms with van der Waals surface area (Å²) in [5.74, 6) is 0.727. The molecule has 5 rings (SSSR count). The zero-order chi connectivity index (χ0) is 25.3. The molecule has 1 atom stereocenters. The second-order valence-electron chi connectivity index (χ2n) is 9.46. The zero-order valence-electron chi connectivity index (χ0n) is 20.2. The number of amides is 1. The van der Waals surface area contributed by atoms with E-state index < -0.39 is 15.4 Å². The molecule has 2 fully saturated rings. The highest BCUT2D eigenvalue weighted by atomic mass is 32.2. The fourth-order valence-corrected chi connectivity index (χ4v) is 6.66. The maximum Gasteiger partial charge on any atom is 0.243 e.